The second-order valence-electron chi connectivity index (χ2n) is 14.5. The first-order chi connectivity index (χ1) is 22.6. The molecule has 2 fully saturated rings. The van der Waals surface area contributed by atoms with Crippen LogP contribution >= 0.6 is 11.6 Å². The number of benzene rings is 3. The second-order valence-corrected chi connectivity index (χ2v) is 14.9. The number of nitrogens with one attached hydrogen (secondary N) is 1. The number of nitrogens with zero attached hydrogens (tertiary/aromatic N) is 3. The van der Waals surface area contributed by atoms with Gasteiger partial charge in [0.15, 0.2) is 0 Å². The number of amides is 3. The van der Waals surface area contributed by atoms with Gasteiger partial charge in [0.05, 0.1) is 0 Å². The van der Waals surface area contributed by atoms with Crippen molar-refractivity contribution in [1.82, 2.24) is 20.0 Å². The van der Waals surface area contributed by atoms with Crippen molar-refractivity contribution in [3.05, 3.63) is 99.6 Å². The summed E-state index contributed by atoms with van der Waals surface area (Å²) < 4.78 is 0. The number of carbonyl (C=O) groups excluding carboxylic acids is 3. The fourth-order valence-corrected chi connectivity index (χ4v) is 7.78. The summed E-state index contributed by atoms with van der Waals surface area (Å²) in [7, 11) is 0. The molecule has 0 aromatic heterocycles. The zero-order valence-electron chi connectivity index (χ0n) is 27.4. The zero-order chi connectivity index (χ0) is 32.7. The molecule has 1 aliphatic carbocycles. The first-order valence-electron chi connectivity index (χ1n) is 16.9. The lowest BCUT2D eigenvalue weighted by Gasteiger charge is -2.38. The molecule has 1 N–H and O–H groups in total. The number of piperidine rings is 1. The molecule has 4 aliphatic rings. The Labute approximate surface area is 282 Å². The van der Waals surface area contributed by atoms with E-state index < -0.39 is 6.04 Å². The Morgan fingerprint density at radius 3 is 2.17 bits per heavy atom. The standard InChI is InChI=1S/C39H43ClN4O3/c1-39(2)16-15-30(34(22-39)28-7-10-32(40)11-8-28)24-43-19-17-42(18-20-43)23-26-3-5-27(6-4-26)29-9-12-33-31(21-29)25-44(38(33)47)35-13-14-36(45)41-37(35)46/h3-12,21,35H,13-20,22-25H2,1-2H3,(H,41,45,46). The lowest BCUT2D eigenvalue weighted by atomic mass is 9.72. The average molecular weight is 651 g/mol. The van der Waals surface area contributed by atoms with Crippen molar-refractivity contribution >= 4 is 34.9 Å². The van der Waals surface area contributed by atoms with Gasteiger partial charge in [-0.25, -0.2) is 0 Å². The average Bonchev–Trinajstić information content (AvgIpc) is 3.38. The van der Waals surface area contributed by atoms with Crippen molar-refractivity contribution in [2.75, 3.05) is 32.7 Å². The van der Waals surface area contributed by atoms with Crippen LogP contribution in [-0.2, 0) is 22.7 Å². The number of rotatable bonds is 7. The van der Waals surface area contributed by atoms with Crippen molar-refractivity contribution in [3.63, 3.8) is 0 Å². The minimum Gasteiger partial charge on any atom is -0.322 e. The van der Waals surface area contributed by atoms with E-state index in [9.17, 15) is 14.4 Å². The summed E-state index contributed by atoms with van der Waals surface area (Å²) in [5.41, 5.74) is 9.77. The number of fused-ring (bicyclic) bond motifs is 1. The summed E-state index contributed by atoms with van der Waals surface area (Å²) >= 11 is 6.20. The normalized spacial score (nSPS) is 22.1. The molecule has 0 radical (unpaired) electrons. The lowest BCUT2D eigenvalue weighted by molar-refractivity contribution is -0.136. The molecule has 47 heavy (non-hydrogen) atoms. The molecule has 0 bridgehead atoms. The molecular weight excluding hydrogens is 608 g/mol. The van der Waals surface area contributed by atoms with Crippen LogP contribution in [0.5, 0.6) is 0 Å². The van der Waals surface area contributed by atoms with E-state index in [0.717, 1.165) is 73.8 Å². The van der Waals surface area contributed by atoms with Crippen LogP contribution in [0, 0.1) is 5.41 Å². The minimum absolute atomic E-state index is 0.141. The van der Waals surface area contributed by atoms with Crippen LogP contribution in [0.4, 0.5) is 0 Å². The van der Waals surface area contributed by atoms with Gasteiger partial charge >= 0.3 is 0 Å². The van der Waals surface area contributed by atoms with E-state index >= 15 is 0 Å². The first kappa shape index (κ1) is 31.8. The maximum atomic E-state index is 13.1. The number of hydrogen-bond acceptors (Lipinski definition) is 5. The van der Waals surface area contributed by atoms with Gasteiger partial charge in [0.25, 0.3) is 5.91 Å². The quantitative estimate of drug-likeness (QED) is 0.294. The Morgan fingerprint density at radius 1 is 0.809 bits per heavy atom. The highest BCUT2D eigenvalue weighted by Crippen LogP contribution is 2.43. The fraction of sp³-hybridized carbons (Fsp3) is 0.410. The molecule has 3 aromatic rings. The molecule has 0 spiro atoms. The van der Waals surface area contributed by atoms with Crippen LogP contribution in [0.1, 0.15) is 73.0 Å². The second kappa shape index (κ2) is 13.0. The molecule has 244 valence electrons. The van der Waals surface area contributed by atoms with Gasteiger partial charge in [-0.3, -0.25) is 29.5 Å². The number of carbonyl (C=O) groups is 3. The van der Waals surface area contributed by atoms with Crippen molar-refractivity contribution in [2.45, 2.75) is 65.1 Å². The van der Waals surface area contributed by atoms with E-state index in [1.807, 2.05) is 24.3 Å². The third kappa shape index (κ3) is 6.94. The smallest absolute Gasteiger partial charge is 0.255 e. The predicted molar refractivity (Wildman–Crippen MR) is 186 cm³/mol. The summed E-state index contributed by atoms with van der Waals surface area (Å²) in [5.74, 6) is -0.795. The molecule has 7 nitrogen and oxygen atoms in total. The summed E-state index contributed by atoms with van der Waals surface area (Å²) in [6.45, 7) is 11.4. The molecule has 3 heterocycles. The van der Waals surface area contributed by atoms with Crippen LogP contribution in [0.3, 0.4) is 0 Å². The monoisotopic (exact) mass is 650 g/mol. The van der Waals surface area contributed by atoms with Gasteiger partial charge in [-0.2, -0.15) is 0 Å². The van der Waals surface area contributed by atoms with Crippen LogP contribution in [0.25, 0.3) is 16.7 Å². The minimum atomic E-state index is -0.596. The number of halogens is 1. The Morgan fingerprint density at radius 2 is 1.47 bits per heavy atom. The van der Waals surface area contributed by atoms with Crippen LogP contribution in [-0.4, -0.2) is 71.2 Å². The molecule has 0 saturated carbocycles. The topological polar surface area (TPSA) is 73.0 Å². The molecule has 3 aliphatic heterocycles. The molecule has 2 saturated heterocycles. The number of hydrogen-bond donors (Lipinski definition) is 1. The molecule has 7 rings (SSSR count). The highest BCUT2D eigenvalue weighted by molar-refractivity contribution is 6.30. The van der Waals surface area contributed by atoms with Gasteiger partial charge in [-0.15, -0.1) is 0 Å². The number of piperazine rings is 1. The van der Waals surface area contributed by atoms with Crippen molar-refractivity contribution in [1.29, 1.82) is 0 Å². The molecule has 3 aromatic carbocycles. The summed E-state index contributed by atoms with van der Waals surface area (Å²) in [5, 5.41) is 3.16. The van der Waals surface area contributed by atoms with E-state index in [-0.39, 0.29) is 24.1 Å². The predicted octanol–water partition coefficient (Wildman–Crippen LogP) is 6.55. The third-order valence-electron chi connectivity index (χ3n) is 10.5. The van der Waals surface area contributed by atoms with E-state index in [2.05, 4.69) is 71.4 Å². The Kier molecular flexibility index (Phi) is 8.81. The summed E-state index contributed by atoms with van der Waals surface area (Å²) in [6, 6.07) is 22.5. The molecule has 3 amide bonds. The Balaban J connectivity index is 0.950. The third-order valence-corrected chi connectivity index (χ3v) is 10.7. The van der Waals surface area contributed by atoms with E-state index in [4.69, 9.17) is 11.6 Å². The summed E-state index contributed by atoms with van der Waals surface area (Å²) in [4.78, 5) is 43.8. The fourth-order valence-electron chi connectivity index (χ4n) is 7.65. The SMILES string of the molecule is CC1(C)CCC(CN2CCN(Cc3ccc(-c4ccc5c(c4)CN(C4CCC(=O)NC4=O)C5=O)cc3)CC2)=C(c2ccc(Cl)cc2)C1. The zero-order valence-corrected chi connectivity index (χ0v) is 28.1. The van der Waals surface area contributed by atoms with E-state index in [1.165, 1.54) is 23.1 Å². The maximum absolute atomic E-state index is 13.1. The van der Waals surface area contributed by atoms with Gasteiger partial charge < -0.3 is 4.90 Å². The van der Waals surface area contributed by atoms with Crippen LogP contribution in [0.2, 0.25) is 5.02 Å². The van der Waals surface area contributed by atoms with Crippen molar-refractivity contribution in [2.24, 2.45) is 5.41 Å². The van der Waals surface area contributed by atoms with Crippen LogP contribution in [0.15, 0.2) is 72.3 Å². The molecule has 8 heteroatoms. The lowest BCUT2D eigenvalue weighted by Crippen LogP contribution is -2.52. The van der Waals surface area contributed by atoms with Gasteiger partial charge in [-0.05, 0) is 88.8 Å². The maximum Gasteiger partial charge on any atom is 0.255 e. The number of imide groups is 1. The Bertz CT molecular complexity index is 1720. The molecular formula is C39H43ClN4O3. The largest absolute Gasteiger partial charge is 0.322 e. The van der Waals surface area contributed by atoms with Gasteiger partial charge in [0.1, 0.15) is 6.04 Å². The van der Waals surface area contributed by atoms with E-state index in [1.54, 1.807) is 10.5 Å². The van der Waals surface area contributed by atoms with Gasteiger partial charge in [-0.1, -0.05) is 73.5 Å². The molecule has 1 atom stereocenters. The highest BCUT2D eigenvalue weighted by Gasteiger charge is 2.39. The highest BCUT2D eigenvalue weighted by atomic mass is 35.5. The van der Waals surface area contributed by atoms with Crippen LogP contribution < -0.4 is 5.32 Å². The molecule has 1 unspecified atom stereocenters. The number of allylic oxidation sites excluding steroid dienone is 1. The first-order valence-corrected chi connectivity index (χ1v) is 17.3. The summed E-state index contributed by atoms with van der Waals surface area (Å²) in [6.07, 6.45) is 4.14. The van der Waals surface area contributed by atoms with Crippen molar-refractivity contribution in [3.8, 4) is 11.1 Å². The van der Waals surface area contributed by atoms with Gasteiger partial charge in [0.2, 0.25) is 11.8 Å². The van der Waals surface area contributed by atoms with Gasteiger partial charge in [0, 0.05) is 62.8 Å². The van der Waals surface area contributed by atoms with E-state index in [0.29, 0.717) is 23.9 Å². The van der Waals surface area contributed by atoms with Crippen molar-refractivity contribution < 1.29 is 14.4 Å². The Hall–Kier alpha value is -3.78.